The minimum Gasteiger partial charge on any atom is -0.480 e. The summed E-state index contributed by atoms with van der Waals surface area (Å²) < 4.78 is 5.46. The van der Waals surface area contributed by atoms with E-state index in [1.54, 1.807) is 18.7 Å². The van der Waals surface area contributed by atoms with Crippen molar-refractivity contribution in [3.63, 3.8) is 0 Å². The van der Waals surface area contributed by atoms with Crippen molar-refractivity contribution in [3.05, 3.63) is 35.9 Å². The van der Waals surface area contributed by atoms with Gasteiger partial charge in [-0.1, -0.05) is 30.3 Å². The van der Waals surface area contributed by atoms with Gasteiger partial charge in [0, 0.05) is 0 Å². The first-order valence-corrected chi connectivity index (χ1v) is 8.11. The molecule has 0 bridgehead atoms. The second-order valence-corrected chi connectivity index (χ2v) is 5.61. The van der Waals surface area contributed by atoms with Crippen LogP contribution in [0, 0.1) is 0 Å². The number of hydrogen-bond donors (Lipinski definition) is 2. The van der Waals surface area contributed by atoms with E-state index < -0.39 is 24.0 Å². The maximum Gasteiger partial charge on any atom is 0.326 e. The van der Waals surface area contributed by atoms with E-state index in [4.69, 9.17) is 9.84 Å². The fraction of sp³-hybridized carbons (Fsp3) is 0.467. The second kappa shape index (κ2) is 9.41. The first-order valence-electron chi connectivity index (χ1n) is 6.72. The molecule has 5 nitrogen and oxygen atoms in total. The highest BCUT2D eigenvalue weighted by molar-refractivity contribution is 7.98. The monoisotopic (exact) mass is 311 g/mol. The van der Waals surface area contributed by atoms with E-state index in [2.05, 4.69) is 5.32 Å². The molecular formula is C15H21NO4S. The van der Waals surface area contributed by atoms with Crippen LogP contribution in [0.15, 0.2) is 30.3 Å². The maximum atomic E-state index is 11.9. The number of aliphatic carboxylic acids is 1. The van der Waals surface area contributed by atoms with E-state index in [1.807, 2.05) is 36.6 Å². The summed E-state index contributed by atoms with van der Waals surface area (Å²) in [6.07, 6.45) is 1.60. The van der Waals surface area contributed by atoms with Crippen molar-refractivity contribution >= 4 is 23.6 Å². The predicted octanol–water partition coefficient (Wildman–Crippen LogP) is 1.91. The Hall–Kier alpha value is -1.53. The van der Waals surface area contributed by atoms with Gasteiger partial charge < -0.3 is 15.2 Å². The zero-order valence-corrected chi connectivity index (χ0v) is 13.1. The number of ether oxygens (including phenoxy) is 1. The van der Waals surface area contributed by atoms with Crippen molar-refractivity contribution in [1.29, 1.82) is 0 Å². The maximum absolute atomic E-state index is 11.9. The Labute approximate surface area is 129 Å². The van der Waals surface area contributed by atoms with Crippen LogP contribution in [0.2, 0.25) is 0 Å². The lowest BCUT2D eigenvalue weighted by Crippen LogP contribution is -2.45. The first-order chi connectivity index (χ1) is 10.0. The zero-order valence-electron chi connectivity index (χ0n) is 12.2. The Morgan fingerprint density at radius 1 is 1.33 bits per heavy atom. The smallest absolute Gasteiger partial charge is 0.326 e. The van der Waals surface area contributed by atoms with E-state index in [0.717, 1.165) is 5.56 Å². The van der Waals surface area contributed by atoms with Crippen molar-refractivity contribution in [2.24, 2.45) is 0 Å². The van der Waals surface area contributed by atoms with Crippen molar-refractivity contribution in [1.82, 2.24) is 5.32 Å². The molecule has 0 aliphatic heterocycles. The quantitative estimate of drug-likeness (QED) is 0.728. The van der Waals surface area contributed by atoms with Gasteiger partial charge in [0.15, 0.2) is 0 Å². The summed E-state index contributed by atoms with van der Waals surface area (Å²) in [7, 11) is 0. The van der Waals surface area contributed by atoms with Crippen LogP contribution in [0.3, 0.4) is 0 Å². The van der Waals surface area contributed by atoms with Gasteiger partial charge in [-0.2, -0.15) is 11.8 Å². The number of amides is 1. The molecule has 0 aliphatic rings. The van der Waals surface area contributed by atoms with E-state index in [1.165, 1.54) is 0 Å². The van der Waals surface area contributed by atoms with E-state index in [-0.39, 0.29) is 0 Å². The Bertz CT molecular complexity index is 452. The molecule has 116 valence electrons. The predicted molar refractivity (Wildman–Crippen MR) is 83.3 cm³/mol. The molecular weight excluding hydrogens is 290 g/mol. The van der Waals surface area contributed by atoms with Crippen LogP contribution in [-0.2, 0) is 20.9 Å². The molecule has 2 atom stereocenters. The van der Waals surface area contributed by atoms with Gasteiger partial charge in [0.1, 0.15) is 12.1 Å². The fourth-order valence-corrected chi connectivity index (χ4v) is 2.12. The molecule has 1 aromatic rings. The average molecular weight is 311 g/mol. The van der Waals surface area contributed by atoms with Crippen LogP contribution in [0.5, 0.6) is 0 Å². The lowest BCUT2D eigenvalue weighted by molar-refractivity contribution is -0.144. The van der Waals surface area contributed by atoms with E-state index in [0.29, 0.717) is 18.8 Å². The highest BCUT2D eigenvalue weighted by atomic mass is 32.2. The van der Waals surface area contributed by atoms with Gasteiger partial charge in [0.05, 0.1) is 6.61 Å². The number of carbonyl (C=O) groups excluding carboxylic acids is 1. The summed E-state index contributed by atoms with van der Waals surface area (Å²) in [5, 5.41) is 11.6. The van der Waals surface area contributed by atoms with Gasteiger partial charge in [0.2, 0.25) is 5.91 Å². The third kappa shape index (κ3) is 6.64. The first kappa shape index (κ1) is 17.5. The topological polar surface area (TPSA) is 75.6 Å². The molecule has 1 rings (SSSR count). The molecule has 21 heavy (non-hydrogen) atoms. The highest BCUT2D eigenvalue weighted by Gasteiger charge is 2.22. The number of hydrogen-bond acceptors (Lipinski definition) is 4. The lowest BCUT2D eigenvalue weighted by atomic mass is 10.2. The summed E-state index contributed by atoms with van der Waals surface area (Å²) >= 11 is 1.54. The molecule has 0 saturated carbocycles. The molecule has 0 radical (unpaired) electrons. The van der Waals surface area contributed by atoms with E-state index >= 15 is 0 Å². The molecule has 1 unspecified atom stereocenters. The largest absolute Gasteiger partial charge is 0.480 e. The average Bonchev–Trinajstić information content (AvgIpc) is 2.49. The summed E-state index contributed by atoms with van der Waals surface area (Å²) in [5.41, 5.74) is 0.967. The summed E-state index contributed by atoms with van der Waals surface area (Å²) in [6.45, 7) is 1.93. The van der Waals surface area contributed by atoms with Gasteiger partial charge in [-0.05, 0) is 30.9 Å². The number of nitrogens with one attached hydrogen (secondary N) is 1. The molecule has 0 fully saturated rings. The SMILES string of the molecule is CSCC[C@@H](NC(=O)C(C)OCc1ccccc1)C(=O)O. The Kier molecular flexibility index (Phi) is 7.85. The molecule has 1 amide bonds. The van der Waals surface area contributed by atoms with E-state index in [9.17, 15) is 9.59 Å². The lowest BCUT2D eigenvalue weighted by Gasteiger charge is -2.18. The number of rotatable bonds is 9. The van der Waals surface area contributed by atoms with Crippen LogP contribution in [0.25, 0.3) is 0 Å². The van der Waals surface area contributed by atoms with Crippen molar-refractivity contribution in [2.45, 2.75) is 32.1 Å². The van der Waals surface area contributed by atoms with Crippen molar-refractivity contribution in [3.8, 4) is 0 Å². The number of thioether (sulfide) groups is 1. The van der Waals surface area contributed by atoms with Crippen molar-refractivity contribution in [2.75, 3.05) is 12.0 Å². The Morgan fingerprint density at radius 2 is 2.00 bits per heavy atom. The molecule has 2 N–H and O–H groups in total. The summed E-state index contributed by atoms with van der Waals surface area (Å²) in [4.78, 5) is 23.0. The fourth-order valence-electron chi connectivity index (χ4n) is 1.65. The molecule has 0 aliphatic carbocycles. The van der Waals surface area contributed by atoms with Crippen LogP contribution in [-0.4, -0.2) is 41.1 Å². The molecule has 0 saturated heterocycles. The molecule has 0 heterocycles. The van der Waals surface area contributed by atoms with Gasteiger partial charge in [0.25, 0.3) is 0 Å². The minimum absolute atomic E-state index is 0.317. The van der Waals surface area contributed by atoms with Gasteiger partial charge >= 0.3 is 5.97 Å². The number of carboxylic acid groups (broad SMARTS) is 1. The minimum atomic E-state index is -1.02. The van der Waals surface area contributed by atoms with Crippen LogP contribution in [0.1, 0.15) is 18.9 Å². The normalized spacial score (nSPS) is 13.4. The van der Waals surface area contributed by atoms with Gasteiger partial charge in [-0.15, -0.1) is 0 Å². The number of carboxylic acids is 1. The second-order valence-electron chi connectivity index (χ2n) is 4.62. The number of carbonyl (C=O) groups is 2. The van der Waals surface area contributed by atoms with Gasteiger partial charge in [-0.25, -0.2) is 4.79 Å². The standard InChI is InChI=1S/C15H21NO4S/c1-11(20-10-12-6-4-3-5-7-12)14(17)16-13(15(18)19)8-9-21-2/h3-7,11,13H,8-10H2,1-2H3,(H,16,17)(H,18,19)/t11?,13-/m1/s1. The summed E-state index contributed by atoms with van der Waals surface area (Å²) in [5.74, 6) is -0.747. The Balaban J connectivity index is 2.43. The van der Waals surface area contributed by atoms with Crippen LogP contribution < -0.4 is 5.32 Å². The molecule has 1 aromatic carbocycles. The summed E-state index contributed by atoms with van der Waals surface area (Å²) in [6, 6.07) is 8.64. The van der Waals surface area contributed by atoms with Gasteiger partial charge in [-0.3, -0.25) is 4.79 Å². The third-order valence-corrected chi connectivity index (χ3v) is 3.58. The molecule has 6 heteroatoms. The molecule has 0 spiro atoms. The zero-order chi connectivity index (χ0) is 15.7. The highest BCUT2D eigenvalue weighted by Crippen LogP contribution is 2.05. The van der Waals surface area contributed by atoms with Crippen LogP contribution in [0.4, 0.5) is 0 Å². The number of benzene rings is 1. The van der Waals surface area contributed by atoms with Crippen molar-refractivity contribution < 1.29 is 19.4 Å². The molecule has 0 aromatic heterocycles. The third-order valence-electron chi connectivity index (χ3n) is 2.94. The Morgan fingerprint density at radius 3 is 2.57 bits per heavy atom. The van der Waals surface area contributed by atoms with Crippen LogP contribution >= 0.6 is 11.8 Å².